The first-order valence-electron chi connectivity index (χ1n) is 10.8. The molecule has 0 radical (unpaired) electrons. The fourth-order valence-corrected chi connectivity index (χ4v) is 3.39. The van der Waals surface area contributed by atoms with E-state index >= 15 is 0 Å². The number of nitrogens with zero attached hydrogens (tertiary/aromatic N) is 2. The summed E-state index contributed by atoms with van der Waals surface area (Å²) in [6, 6.07) is 11.7. The fourth-order valence-electron chi connectivity index (χ4n) is 3.39. The molecule has 31 heavy (non-hydrogen) atoms. The standard InChI is InChI=1S/C23H32N4O3.HI/c1-3-24-23(27-18-10-12-19(28)13-11-18)26-16-17-9-14-22(25-15-17)30-21-8-6-5-7-20(21)29-4-2;/h5-9,14-15,18-19,28H,3-4,10-13,16H2,1-2H3,(H2,24,26,27);1H. The highest BCUT2D eigenvalue weighted by atomic mass is 127. The number of para-hydroxylation sites is 2. The second kappa shape index (κ2) is 13.4. The van der Waals surface area contributed by atoms with Crippen LogP contribution in [0.2, 0.25) is 0 Å². The maximum atomic E-state index is 9.68. The highest BCUT2D eigenvalue weighted by Gasteiger charge is 2.19. The van der Waals surface area contributed by atoms with Gasteiger partial charge in [0.1, 0.15) is 0 Å². The summed E-state index contributed by atoms with van der Waals surface area (Å²) in [5.41, 5.74) is 0.997. The highest BCUT2D eigenvalue weighted by molar-refractivity contribution is 14.0. The van der Waals surface area contributed by atoms with E-state index in [4.69, 9.17) is 9.47 Å². The molecule has 8 heteroatoms. The Bertz CT molecular complexity index is 809. The van der Waals surface area contributed by atoms with Crippen LogP contribution in [0, 0.1) is 0 Å². The Labute approximate surface area is 201 Å². The number of nitrogens with one attached hydrogen (secondary N) is 2. The summed E-state index contributed by atoms with van der Waals surface area (Å²) in [5, 5.41) is 16.4. The van der Waals surface area contributed by atoms with Crippen molar-refractivity contribution >= 4 is 29.9 Å². The summed E-state index contributed by atoms with van der Waals surface area (Å²) < 4.78 is 11.5. The predicted molar refractivity (Wildman–Crippen MR) is 134 cm³/mol. The van der Waals surface area contributed by atoms with Crippen LogP contribution >= 0.6 is 24.0 Å². The van der Waals surface area contributed by atoms with Crippen LogP contribution in [0.5, 0.6) is 17.4 Å². The van der Waals surface area contributed by atoms with Crippen molar-refractivity contribution in [3.8, 4) is 17.4 Å². The number of rotatable bonds is 8. The Hall–Kier alpha value is -2.07. The summed E-state index contributed by atoms with van der Waals surface area (Å²) in [6.45, 7) is 5.89. The molecule has 2 aromatic rings. The van der Waals surface area contributed by atoms with Crippen LogP contribution in [0.3, 0.4) is 0 Å². The van der Waals surface area contributed by atoms with Gasteiger partial charge in [0.2, 0.25) is 5.88 Å². The van der Waals surface area contributed by atoms with E-state index in [1.165, 1.54) is 0 Å². The van der Waals surface area contributed by atoms with E-state index in [1.54, 1.807) is 6.20 Å². The molecule has 1 saturated carbocycles. The van der Waals surface area contributed by atoms with Gasteiger partial charge in [0.15, 0.2) is 17.5 Å². The van der Waals surface area contributed by atoms with Gasteiger partial charge in [0.05, 0.1) is 19.3 Å². The molecule has 3 N–H and O–H groups in total. The smallest absolute Gasteiger partial charge is 0.219 e. The summed E-state index contributed by atoms with van der Waals surface area (Å²) >= 11 is 0. The van der Waals surface area contributed by atoms with Gasteiger partial charge in [-0.1, -0.05) is 18.2 Å². The number of pyridine rings is 1. The number of hydrogen-bond acceptors (Lipinski definition) is 5. The molecule has 1 aliphatic rings. The number of aliphatic imine (C=N–C) groups is 1. The van der Waals surface area contributed by atoms with Gasteiger partial charge in [0.25, 0.3) is 0 Å². The molecular formula is C23H33IN4O3. The molecular weight excluding hydrogens is 507 g/mol. The first kappa shape index (κ1) is 25.2. The zero-order valence-corrected chi connectivity index (χ0v) is 20.5. The Morgan fingerprint density at radius 3 is 2.48 bits per heavy atom. The van der Waals surface area contributed by atoms with Gasteiger partial charge in [-0.2, -0.15) is 0 Å². The van der Waals surface area contributed by atoms with Crippen molar-refractivity contribution in [3.05, 3.63) is 48.2 Å². The zero-order valence-electron chi connectivity index (χ0n) is 18.2. The van der Waals surface area contributed by atoms with Crippen molar-refractivity contribution in [1.82, 2.24) is 15.6 Å². The van der Waals surface area contributed by atoms with E-state index in [9.17, 15) is 5.11 Å². The summed E-state index contributed by atoms with van der Waals surface area (Å²) in [7, 11) is 0. The molecule has 1 aromatic carbocycles. The number of halogens is 1. The van der Waals surface area contributed by atoms with Gasteiger partial charge < -0.3 is 25.2 Å². The Balaban J connectivity index is 0.00000341. The maximum absolute atomic E-state index is 9.68. The number of aliphatic hydroxyl groups excluding tert-OH is 1. The zero-order chi connectivity index (χ0) is 21.2. The molecule has 7 nitrogen and oxygen atoms in total. The Kier molecular flexibility index (Phi) is 10.9. The molecule has 170 valence electrons. The first-order valence-corrected chi connectivity index (χ1v) is 10.8. The second-order valence-corrected chi connectivity index (χ2v) is 7.33. The van der Waals surface area contributed by atoms with Crippen LogP contribution < -0.4 is 20.1 Å². The van der Waals surface area contributed by atoms with Crippen molar-refractivity contribution < 1.29 is 14.6 Å². The SMILES string of the molecule is CCNC(=NCc1ccc(Oc2ccccc2OCC)nc1)NC1CCC(O)CC1.I. The number of hydrogen-bond donors (Lipinski definition) is 3. The van der Waals surface area contributed by atoms with Crippen LogP contribution in [-0.2, 0) is 6.54 Å². The predicted octanol–water partition coefficient (Wildman–Crippen LogP) is 4.25. The van der Waals surface area contributed by atoms with Crippen LogP contribution in [0.25, 0.3) is 0 Å². The lowest BCUT2D eigenvalue weighted by atomic mass is 9.93. The van der Waals surface area contributed by atoms with Crippen LogP contribution in [0.1, 0.15) is 45.1 Å². The molecule has 0 unspecified atom stereocenters. The molecule has 0 atom stereocenters. The van der Waals surface area contributed by atoms with Crippen LogP contribution in [-0.4, -0.2) is 41.3 Å². The molecule has 0 saturated heterocycles. The normalized spacial score (nSPS) is 18.6. The average molecular weight is 540 g/mol. The summed E-state index contributed by atoms with van der Waals surface area (Å²) in [5.74, 6) is 2.66. The topological polar surface area (TPSA) is 88.0 Å². The molecule has 1 heterocycles. The molecule has 1 aromatic heterocycles. The quantitative estimate of drug-likeness (QED) is 0.264. The third kappa shape index (κ3) is 8.17. The van der Waals surface area contributed by atoms with Crippen molar-refractivity contribution in [3.63, 3.8) is 0 Å². The average Bonchev–Trinajstić information content (AvgIpc) is 2.76. The number of aliphatic hydroxyl groups is 1. The molecule has 0 amide bonds. The van der Waals surface area contributed by atoms with E-state index in [-0.39, 0.29) is 30.1 Å². The van der Waals surface area contributed by atoms with E-state index in [2.05, 4.69) is 27.5 Å². The monoisotopic (exact) mass is 540 g/mol. The van der Waals surface area contributed by atoms with Crippen molar-refractivity contribution in [2.75, 3.05) is 13.2 Å². The van der Waals surface area contributed by atoms with Gasteiger partial charge in [0, 0.05) is 24.8 Å². The Morgan fingerprint density at radius 2 is 1.84 bits per heavy atom. The number of aromatic nitrogens is 1. The minimum absolute atomic E-state index is 0. The van der Waals surface area contributed by atoms with Crippen molar-refractivity contribution in [2.24, 2.45) is 4.99 Å². The third-order valence-corrected chi connectivity index (χ3v) is 4.96. The van der Waals surface area contributed by atoms with E-state index in [0.717, 1.165) is 43.8 Å². The number of benzene rings is 1. The van der Waals surface area contributed by atoms with Crippen LogP contribution in [0.4, 0.5) is 0 Å². The third-order valence-electron chi connectivity index (χ3n) is 4.96. The second-order valence-electron chi connectivity index (χ2n) is 7.33. The Morgan fingerprint density at radius 1 is 1.10 bits per heavy atom. The van der Waals surface area contributed by atoms with Gasteiger partial charge in [-0.05, 0) is 57.2 Å². The highest BCUT2D eigenvalue weighted by Crippen LogP contribution is 2.30. The molecule has 1 fully saturated rings. The van der Waals surface area contributed by atoms with Gasteiger partial charge >= 0.3 is 0 Å². The van der Waals surface area contributed by atoms with Gasteiger partial charge in [-0.25, -0.2) is 9.98 Å². The molecule has 3 rings (SSSR count). The van der Waals surface area contributed by atoms with Crippen molar-refractivity contribution in [2.45, 2.75) is 58.2 Å². The van der Waals surface area contributed by atoms with E-state index in [0.29, 0.717) is 36.6 Å². The van der Waals surface area contributed by atoms with E-state index < -0.39 is 0 Å². The molecule has 0 spiro atoms. The lowest BCUT2D eigenvalue weighted by Gasteiger charge is -2.27. The molecule has 1 aliphatic carbocycles. The van der Waals surface area contributed by atoms with Gasteiger partial charge in [-0.3, -0.25) is 0 Å². The number of ether oxygens (including phenoxy) is 2. The minimum Gasteiger partial charge on any atom is -0.490 e. The lowest BCUT2D eigenvalue weighted by molar-refractivity contribution is 0.120. The summed E-state index contributed by atoms with van der Waals surface area (Å²) in [6.07, 6.45) is 5.23. The van der Waals surface area contributed by atoms with Crippen LogP contribution in [0.15, 0.2) is 47.6 Å². The summed E-state index contributed by atoms with van der Waals surface area (Å²) in [4.78, 5) is 9.09. The molecule has 0 aliphatic heterocycles. The molecule has 0 bridgehead atoms. The first-order chi connectivity index (χ1) is 14.7. The largest absolute Gasteiger partial charge is 0.490 e. The fraction of sp³-hybridized carbons (Fsp3) is 0.478. The number of guanidine groups is 1. The maximum Gasteiger partial charge on any atom is 0.219 e. The lowest BCUT2D eigenvalue weighted by Crippen LogP contribution is -2.45. The van der Waals surface area contributed by atoms with E-state index in [1.807, 2.05) is 43.3 Å². The van der Waals surface area contributed by atoms with Crippen molar-refractivity contribution in [1.29, 1.82) is 0 Å². The minimum atomic E-state index is -0.158. The van der Waals surface area contributed by atoms with Gasteiger partial charge in [-0.15, -0.1) is 24.0 Å².